The molecular weight excluding hydrogens is 262 g/mol. The van der Waals surface area contributed by atoms with Gasteiger partial charge >= 0.3 is 5.97 Å². The summed E-state index contributed by atoms with van der Waals surface area (Å²) in [5.74, 6) is -1.01. The average Bonchev–Trinajstić information content (AvgIpc) is 2.38. The number of hydrogen-bond acceptors (Lipinski definition) is 4. The number of carboxylic acid groups (broad SMARTS) is 1. The van der Waals surface area contributed by atoms with E-state index in [9.17, 15) is 9.59 Å². The molecule has 0 fully saturated rings. The van der Waals surface area contributed by atoms with Gasteiger partial charge in [0, 0.05) is 15.5 Å². The molecule has 0 spiro atoms. The summed E-state index contributed by atoms with van der Waals surface area (Å²) in [7, 11) is 0. The molecule has 5 heteroatoms. The van der Waals surface area contributed by atoms with Gasteiger partial charge in [-0.3, -0.25) is 4.79 Å². The molecule has 19 heavy (non-hydrogen) atoms. The van der Waals surface area contributed by atoms with Crippen molar-refractivity contribution >= 4 is 37.5 Å². The Balaban J connectivity index is 0.00000133. The van der Waals surface area contributed by atoms with Gasteiger partial charge in [0.05, 0.1) is 10.3 Å². The molecular formula is C14H11NO3S. The fraction of sp³-hybridized carbons (Fsp3) is 0. The topological polar surface area (TPSA) is 89.4 Å². The molecule has 96 valence electrons. The van der Waals surface area contributed by atoms with E-state index in [2.05, 4.69) is 0 Å². The van der Waals surface area contributed by atoms with Gasteiger partial charge < -0.3 is 11.3 Å². The lowest BCUT2D eigenvalue weighted by atomic mass is 10.1. The Bertz CT molecular complexity index is 839. The van der Waals surface area contributed by atoms with Gasteiger partial charge in [-0.2, -0.15) is 0 Å². The molecule has 2 aromatic carbocycles. The molecule has 0 bridgehead atoms. The van der Waals surface area contributed by atoms with Gasteiger partial charge in [0.1, 0.15) is 0 Å². The predicted octanol–water partition coefficient (Wildman–Crippen LogP) is 3.27. The van der Waals surface area contributed by atoms with Crippen LogP contribution in [0.3, 0.4) is 0 Å². The second kappa shape index (κ2) is 4.79. The highest BCUT2D eigenvalue weighted by Gasteiger charge is 2.12. The summed E-state index contributed by atoms with van der Waals surface area (Å²) in [6.07, 6.45) is 0. The Kier molecular flexibility index (Phi) is 3.33. The molecule has 0 aliphatic carbocycles. The van der Waals surface area contributed by atoms with E-state index in [4.69, 9.17) is 5.11 Å². The molecule has 0 radical (unpaired) electrons. The van der Waals surface area contributed by atoms with Gasteiger partial charge in [0.2, 0.25) is 0 Å². The summed E-state index contributed by atoms with van der Waals surface area (Å²) in [6.45, 7) is 0. The fourth-order valence-electron chi connectivity index (χ4n) is 1.99. The van der Waals surface area contributed by atoms with Crippen LogP contribution >= 0.6 is 11.3 Å². The molecule has 0 amide bonds. The predicted molar refractivity (Wildman–Crippen MR) is 77.6 cm³/mol. The number of benzene rings is 2. The second-order valence-electron chi connectivity index (χ2n) is 3.91. The van der Waals surface area contributed by atoms with E-state index >= 15 is 0 Å². The maximum Gasteiger partial charge on any atom is 0.337 e. The lowest BCUT2D eigenvalue weighted by molar-refractivity contribution is 0.0699. The van der Waals surface area contributed by atoms with Crippen molar-refractivity contribution in [3.05, 3.63) is 58.3 Å². The number of aromatic carboxylic acids is 1. The van der Waals surface area contributed by atoms with E-state index in [-0.39, 0.29) is 17.1 Å². The van der Waals surface area contributed by atoms with Crippen molar-refractivity contribution in [2.75, 3.05) is 0 Å². The second-order valence-corrected chi connectivity index (χ2v) is 4.97. The smallest absolute Gasteiger partial charge is 0.337 e. The Morgan fingerprint density at radius 2 is 1.68 bits per heavy atom. The maximum atomic E-state index is 12.3. The molecule has 0 aliphatic heterocycles. The number of hydrogen-bond donors (Lipinski definition) is 2. The summed E-state index contributed by atoms with van der Waals surface area (Å²) in [4.78, 5) is 23.4. The first-order valence-electron chi connectivity index (χ1n) is 5.36. The highest BCUT2D eigenvalue weighted by Crippen LogP contribution is 2.27. The Hall–Kier alpha value is -2.24. The average molecular weight is 273 g/mol. The minimum Gasteiger partial charge on any atom is -0.478 e. The van der Waals surface area contributed by atoms with Crippen molar-refractivity contribution in [2.24, 2.45) is 0 Å². The Morgan fingerprint density at radius 3 is 2.42 bits per heavy atom. The highest BCUT2D eigenvalue weighted by atomic mass is 32.1. The zero-order chi connectivity index (χ0) is 12.7. The van der Waals surface area contributed by atoms with E-state index in [0.29, 0.717) is 15.5 Å². The molecule has 3 rings (SSSR count). The standard InChI is InChI=1S/C14H8O3S.H3N/c15-12-8-4-1-2-7-11(8)18-13-9(12)5-3-6-10(13)14(16)17;/h1-7H,(H,16,17);1H3. The van der Waals surface area contributed by atoms with Crippen molar-refractivity contribution < 1.29 is 9.90 Å². The van der Waals surface area contributed by atoms with Crippen LogP contribution in [0.4, 0.5) is 0 Å². The van der Waals surface area contributed by atoms with Crippen molar-refractivity contribution in [1.82, 2.24) is 6.15 Å². The van der Waals surface area contributed by atoms with Crippen LogP contribution in [0.5, 0.6) is 0 Å². The minimum absolute atomic E-state index is 0. The lowest BCUT2D eigenvalue weighted by Gasteiger charge is -2.03. The van der Waals surface area contributed by atoms with E-state index in [1.165, 1.54) is 17.4 Å². The molecule has 1 heterocycles. The van der Waals surface area contributed by atoms with Gasteiger partial charge in [-0.05, 0) is 24.3 Å². The summed E-state index contributed by atoms with van der Waals surface area (Å²) in [5, 5.41) is 10.3. The van der Waals surface area contributed by atoms with Crippen LogP contribution in [0.25, 0.3) is 20.2 Å². The molecule has 0 saturated carbocycles. The van der Waals surface area contributed by atoms with Crippen LogP contribution in [0, 0.1) is 0 Å². The lowest BCUT2D eigenvalue weighted by Crippen LogP contribution is -2.04. The summed E-state index contributed by atoms with van der Waals surface area (Å²) in [5.41, 5.74) is 0.0720. The van der Waals surface area contributed by atoms with E-state index in [0.717, 1.165) is 4.70 Å². The number of rotatable bonds is 1. The van der Waals surface area contributed by atoms with Crippen LogP contribution in [0.1, 0.15) is 10.4 Å². The SMILES string of the molecule is N.O=C(O)c1cccc2c(=O)c3ccccc3sc12. The summed E-state index contributed by atoms with van der Waals surface area (Å²) >= 11 is 1.34. The van der Waals surface area contributed by atoms with Gasteiger partial charge in [-0.1, -0.05) is 18.2 Å². The summed E-state index contributed by atoms with van der Waals surface area (Å²) in [6, 6.07) is 12.1. The van der Waals surface area contributed by atoms with E-state index < -0.39 is 5.97 Å². The third-order valence-corrected chi connectivity index (χ3v) is 4.05. The Labute approximate surface area is 112 Å². The zero-order valence-electron chi connectivity index (χ0n) is 9.92. The molecule has 0 atom stereocenters. The molecule has 4 nitrogen and oxygen atoms in total. The normalized spacial score (nSPS) is 10.3. The number of fused-ring (bicyclic) bond motifs is 2. The first kappa shape index (κ1) is 13.2. The molecule has 3 aromatic rings. The molecule has 1 aromatic heterocycles. The molecule has 0 aliphatic rings. The zero-order valence-corrected chi connectivity index (χ0v) is 10.7. The van der Waals surface area contributed by atoms with Gasteiger partial charge in [0.15, 0.2) is 5.43 Å². The number of carboxylic acids is 1. The first-order valence-corrected chi connectivity index (χ1v) is 6.18. The molecule has 4 N–H and O–H groups in total. The quantitative estimate of drug-likeness (QED) is 0.666. The Morgan fingerprint density at radius 1 is 1.00 bits per heavy atom. The third-order valence-electron chi connectivity index (χ3n) is 2.83. The van der Waals surface area contributed by atoms with Crippen LogP contribution in [0.15, 0.2) is 47.3 Å². The van der Waals surface area contributed by atoms with Gasteiger partial charge in [0.25, 0.3) is 0 Å². The summed E-state index contributed by atoms with van der Waals surface area (Å²) < 4.78 is 1.34. The van der Waals surface area contributed by atoms with Crippen LogP contribution in [-0.2, 0) is 0 Å². The maximum absolute atomic E-state index is 12.3. The monoisotopic (exact) mass is 273 g/mol. The molecule has 0 saturated heterocycles. The van der Waals surface area contributed by atoms with E-state index in [1.807, 2.05) is 18.2 Å². The minimum atomic E-state index is -1.01. The van der Waals surface area contributed by atoms with Gasteiger partial charge in [-0.25, -0.2) is 4.79 Å². The van der Waals surface area contributed by atoms with Crippen molar-refractivity contribution in [3.63, 3.8) is 0 Å². The highest BCUT2D eigenvalue weighted by molar-refractivity contribution is 7.24. The van der Waals surface area contributed by atoms with Crippen LogP contribution in [-0.4, -0.2) is 11.1 Å². The van der Waals surface area contributed by atoms with Crippen molar-refractivity contribution in [1.29, 1.82) is 0 Å². The van der Waals surface area contributed by atoms with Crippen LogP contribution in [0.2, 0.25) is 0 Å². The van der Waals surface area contributed by atoms with Crippen LogP contribution < -0.4 is 11.6 Å². The number of carbonyl (C=O) groups is 1. The largest absolute Gasteiger partial charge is 0.478 e. The molecule has 0 unspecified atom stereocenters. The van der Waals surface area contributed by atoms with Crippen molar-refractivity contribution in [3.8, 4) is 0 Å². The third kappa shape index (κ3) is 1.99. The van der Waals surface area contributed by atoms with Gasteiger partial charge in [-0.15, -0.1) is 11.3 Å². The van der Waals surface area contributed by atoms with Crippen molar-refractivity contribution in [2.45, 2.75) is 0 Å². The first-order chi connectivity index (χ1) is 8.68. The van der Waals surface area contributed by atoms with E-state index in [1.54, 1.807) is 18.2 Å². The fourth-order valence-corrected chi connectivity index (χ4v) is 3.17.